The predicted octanol–water partition coefficient (Wildman–Crippen LogP) is -1.10. The maximum atomic E-state index is 13.2. The van der Waals surface area contributed by atoms with E-state index in [1.54, 1.807) is 19.2 Å². The van der Waals surface area contributed by atoms with Gasteiger partial charge < -0.3 is 31.9 Å². The Hall–Kier alpha value is -2.83. The minimum absolute atomic E-state index is 0. The van der Waals surface area contributed by atoms with Crippen LogP contribution in [0.4, 0.5) is 0 Å². The number of aromatic amines is 1. The van der Waals surface area contributed by atoms with E-state index in [4.69, 9.17) is 4.74 Å². The van der Waals surface area contributed by atoms with E-state index in [2.05, 4.69) is 42.4 Å². The van der Waals surface area contributed by atoms with Gasteiger partial charge >= 0.3 is 0 Å². The zero-order valence-electron chi connectivity index (χ0n) is 18.6. The normalized spacial score (nSPS) is 15.2. The first-order valence-corrected chi connectivity index (χ1v) is 10.9. The number of carbonyl (C=O) groups excluding carboxylic acids is 1. The summed E-state index contributed by atoms with van der Waals surface area (Å²) in [7, 11) is 3.81. The number of amides is 1. The minimum atomic E-state index is -0.189. The zero-order chi connectivity index (χ0) is 21.8. The van der Waals surface area contributed by atoms with Crippen molar-refractivity contribution >= 4 is 16.8 Å². The molecule has 6 nitrogen and oxygen atoms in total. The zero-order valence-corrected chi connectivity index (χ0v) is 19.3. The van der Waals surface area contributed by atoms with E-state index in [9.17, 15) is 9.59 Å². The fourth-order valence-corrected chi connectivity index (χ4v) is 4.47. The highest BCUT2D eigenvalue weighted by molar-refractivity contribution is 5.99. The Kier molecular flexibility index (Phi) is 7.94. The van der Waals surface area contributed by atoms with E-state index in [0.717, 1.165) is 44.3 Å². The first kappa shape index (κ1) is 23.8. The van der Waals surface area contributed by atoms with Crippen molar-refractivity contribution in [1.29, 1.82) is 0 Å². The molecule has 7 heteroatoms. The molecule has 32 heavy (non-hydrogen) atoms. The van der Waals surface area contributed by atoms with Crippen molar-refractivity contribution in [3.63, 3.8) is 0 Å². The van der Waals surface area contributed by atoms with E-state index in [1.807, 2.05) is 11.0 Å². The number of benzene rings is 2. The van der Waals surface area contributed by atoms with Crippen LogP contribution in [0.15, 0.2) is 59.4 Å². The molecule has 0 spiro atoms. The summed E-state index contributed by atoms with van der Waals surface area (Å²) in [5, 5.41) is 0.794. The Balaban J connectivity index is 0.00000289. The second-order valence-corrected chi connectivity index (χ2v) is 8.36. The summed E-state index contributed by atoms with van der Waals surface area (Å²) in [6, 6.07) is 17.9. The van der Waals surface area contributed by atoms with Crippen LogP contribution < -0.4 is 27.6 Å². The van der Waals surface area contributed by atoms with Crippen LogP contribution in [0.5, 0.6) is 5.75 Å². The number of rotatable bonds is 6. The van der Waals surface area contributed by atoms with Gasteiger partial charge in [-0.05, 0) is 23.8 Å². The second-order valence-electron chi connectivity index (χ2n) is 8.36. The maximum Gasteiger partial charge on any atom is 0.254 e. The van der Waals surface area contributed by atoms with Crippen LogP contribution in [0, 0.1) is 0 Å². The largest absolute Gasteiger partial charge is 1.00 e. The lowest BCUT2D eigenvalue weighted by Gasteiger charge is -2.34. The van der Waals surface area contributed by atoms with Crippen LogP contribution in [-0.2, 0) is 6.42 Å². The number of pyridine rings is 1. The number of aromatic nitrogens is 1. The Bertz CT molecular complexity index is 1110. The highest BCUT2D eigenvalue weighted by atomic mass is 35.5. The van der Waals surface area contributed by atoms with Gasteiger partial charge in [0.05, 0.1) is 32.3 Å². The van der Waals surface area contributed by atoms with Gasteiger partial charge in [-0.15, -0.1) is 0 Å². The number of quaternary nitrogens is 1. The molecule has 2 aromatic carbocycles. The molecule has 1 unspecified atom stereocenters. The molecule has 1 amide bonds. The van der Waals surface area contributed by atoms with Crippen LogP contribution in [0.25, 0.3) is 10.9 Å². The third-order valence-corrected chi connectivity index (χ3v) is 6.39. The number of likely N-dealkylation sites (N-methyl/N-ethyl adjacent to an activating group) is 1. The highest BCUT2D eigenvalue weighted by Gasteiger charge is 2.28. The lowest BCUT2D eigenvalue weighted by atomic mass is 10.0. The number of halogens is 1. The van der Waals surface area contributed by atoms with Crippen molar-refractivity contribution in [2.24, 2.45) is 0 Å². The minimum Gasteiger partial charge on any atom is -1.00 e. The summed E-state index contributed by atoms with van der Waals surface area (Å²) >= 11 is 0. The molecule has 1 fully saturated rings. The number of piperidine rings is 1. The van der Waals surface area contributed by atoms with Gasteiger partial charge in [-0.1, -0.05) is 30.3 Å². The molecular formula is C25H30ClN3O3. The van der Waals surface area contributed by atoms with Crippen molar-refractivity contribution in [2.75, 3.05) is 33.8 Å². The molecule has 1 aliphatic rings. The number of likely N-dealkylation sites (tertiary alicyclic amines) is 1. The first-order chi connectivity index (χ1) is 15.0. The number of nitrogens with zero attached hydrogens (tertiary/aromatic N) is 1. The molecule has 0 radical (unpaired) electrons. The molecule has 0 aliphatic carbocycles. The lowest BCUT2D eigenvalue weighted by Crippen LogP contribution is -3.13. The SMILES string of the molecule is COc1cc(C(=O)N2CCC([NH+](C)CCc3ccccc3)CC2)cc2ccc(=O)[nH]c12.[Cl-]. The Labute approximate surface area is 194 Å². The van der Waals surface area contributed by atoms with Crippen LogP contribution in [0.3, 0.4) is 0 Å². The monoisotopic (exact) mass is 455 g/mol. The molecule has 3 aromatic rings. The molecule has 0 bridgehead atoms. The van der Waals surface area contributed by atoms with Gasteiger partial charge in [0.15, 0.2) is 0 Å². The topological polar surface area (TPSA) is 66.8 Å². The molecule has 1 atom stereocenters. The van der Waals surface area contributed by atoms with Gasteiger partial charge in [0.2, 0.25) is 5.56 Å². The van der Waals surface area contributed by atoms with Crippen LogP contribution in [-0.4, -0.2) is 55.6 Å². The number of nitrogens with one attached hydrogen (secondary N) is 2. The van der Waals surface area contributed by atoms with E-state index in [1.165, 1.54) is 16.5 Å². The van der Waals surface area contributed by atoms with Crippen molar-refractivity contribution in [3.05, 3.63) is 76.1 Å². The number of carbonyl (C=O) groups is 1. The maximum absolute atomic E-state index is 13.2. The summed E-state index contributed by atoms with van der Waals surface area (Å²) in [6.07, 6.45) is 3.08. The van der Waals surface area contributed by atoms with Crippen molar-refractivity contribution in [3.8, 4) is 5.75 Å². The predicted molar refractivity (Wildman–Crippen MR) is 122 cm³/mol. The third kappa shape index (κ3) is 5.31. The lowest BCUT2D eigenvalue weighted by molar-refractivity contribution is -0.907. The molecule has 1 aliphatic heterocycles. The van der Waals surface area contributed by atoms with Gasteiger partial charge in [-0.25, -0.2) is 0 Å². The summed E-state index contributed by atoms with van der Waals surface area (Å²) in [6.45, 7) is 2.62. The average molecular weight is 456 g/mol. The summed E-state index contributed by atoms with van der Waals surface area (Å²) in [5.74, 6) is 0.533. The van der Waals surface area contributed by atoms with Gasteiger partial charge in [0, 0.05) is 49.4 Å². The second kappa shape index (κ2) is 10.7. The number of ether oxygens (including phenoxy) is 1. The van der Waals surface area contributed by atoms with E-state index >= 15 is 0 Å². The fourth-order valence-electron chi connectivity index (χ4n) is 4.47. The average Bonchev–Trinajstić information content (AvgIpc) is 2.82. The molecule has 0 saturated carbocycles. The highest BCUT2D eigenvalue weighted by Crippen LogP contribution is 2.26. The smallest absolute Gasteiger partial charge is 0.254 e. The molecule has 1 saturated heterocycles. The van der Waals surface area contributed by atoms with E-state index < -0.39 is 0 Å². The van der Waals surface area contributed by atoms with E-state index in [-0.39, 0.29) is 23.9 Å². The van der Waals surface area contributed by atoms with Crippen molar-refractivity contribution in [2.45, 2.75) is 25.3 Å². The number of H-pyrrole nitrogens is 1. The Morgan fingerprint density at radius 1 is 1.12 bits per heavy atom. The number of fused-ring (bicyclic) bond motifs is 1. The molecule has 2 heterocycles. The fraction of sp³-hybridized carbons (Fsp3) is 0.360. The summed E-state index contributed by atoms with van der Waals surface area (Å²) in [5.41, 5.74) is 2.40. The van der Waals surface area contributed by atoms with E-state index in [0.29, 0.717) is 22.9 Å². The van der Waals surface area contributed by atoms with Crippen LogP contribution in [0.2, 0.25) is 0 Å². The van der Waals surface area contributed by atoms with Gasteiger partial charge in [0.25, 0.3) is 5.91 Å². The number of hydrogen-bond acceptors (Lipinski definition) is 3. The Morgan fingerprint density at radius 3 is 2.53 bits per heavy atom. The van der Waals surface area contributed by atoms with Crippen LogP contribution in [0.1, 0.15) is 28.8 Å². The van der Waals surface area contributed by atoms with Gasteiger partial charge in [-0.3, -0.25) is 9.59 Å². The third-order valence-electron chi connectivity index (χ3n) is 6.39. The number of hydrogen-bond donors (Lipinski definition) is 2. The van der Waals surface area contributed by atoms with Gasteiger partial charge in [-0.2, -0.15) is 0 Å². The summed E-state index contributed by atoms with van der Waals surface area (Å²) < 4.78 is 5.43. The molecular weight excluding hydrogens is 426 g/mol. The van der Waals surface area contributed by atoms with Crippen molar-refractivity contribution in [1.82, 2.24) is 9.88 Å². The van der Waals surface area contributed by atoms with Crippen molar-refractivity contribution < 1.29 is 26.8 Å². The molecule has 4 rings (SSSR count). The van der Waals surface area contributed by atoms with Gasteiger partial charge in [0.1, 0.15) is 5.75 Å². The summed E-state index contributed by atoms with van der Waals surface area (Å²) in [4.78, 5) is 31.1. The molecule has 1 aromatic heterocycles. The standard InChI is InChI=1S/C25H29N3O3.ClH/c1-27(13-10-18-6-4-3-5-7-18)21-11-14-28(15-12-21)25(30)20-16-19-8-9-23(29)26-24(19)22(17-20)31-2;/h3-9,16-17,21H,10-15H2,1-2H3,(H,26,29);1H. The quantitative estimate of drug-likeness (QED) is 0.496. The molecule has 170 valence electrons. The van der Waals surface area contributed by atoms with Crippen LogP contribution >= 0.6 is 0 Å². The number of methoxy groups -OCH3 is 1. The Morgan fingerprint density at radius 2 is 1.84 bits per heavy atom. The first-order valence-electron chi connectivity index (χ1n) is 10.9. The molecule has 2 N–H and O–H groups in total.